The van der Waals surface area contributed by atoms with Gasteiger partial charge in [0.2, 0.25) is 5.89 Å². The van der Waals surface area contributed by atoms with E-state index < -0.39 is 0 Å². The largest absolute Gasteiger partial charge is 0.396 e. The van der Waals surface area contributed by atoms with Gasteiger partial charge >= 0.3 is 0 Å². The van der Waals surface area contributed by atoms with Gasteiger partial charge in [-0.05, 0) is 44.7 Å². The van der Waals surface area contributed by atoms with E-state index in [0.717, 1.165) is 44.6 Å². The predicted molar refractivity (Wildman–Crippen MR) is 72.7 cm³/mol. The quantitative estimate of drug-likeness (QED) is 0.886. The minimum atomic E-state index is 0.125. The van der Waals surface area contributed by atoms with Gasteiger partial charge in [-0.25, -0.2) is 0 Å². The first-order valence-corrected chi connectivity index (χ1v) is 7.31. The third-order valence-electron chi connectivity index (χ3n) is 4.65. The third-order valence-corrected chi connectivity index (χ3v) is 4.65. The Bertz CT molecular complexity index is 391. The van der Waals surface area contributed by atoms with Gasteiger partial charge in [0.25, 0.3) is 0 Å². The van der Waals surface area contributed by atoms with E-state index in [1.165, 1.54) is 0 Å². The van der Waals surface area contributed by atoms with Crippen LogP contribution in [0.1, 0.15) is 57.8 Å². The molecule has 0 bridgehead atoms. The molecule has 1 saturated heterocycles. The Labute approximate surface area is 115 Å². The SMILES string of the molecule is CCc1noc(C(C)N2CCC(CC)(CO)CC2)n1. The Kier molecular flexibility index (Phi) is 4.58. The molecule has 5 nitrogen and oxygen atoms in total. The molecule has 2 rings (SSSR count). The molecule has 1 fully saturated rings. The van der Waals surface area contributed by atoms with Gasteiger partial charge in [0.15, 0.2) is 5.82 Å². The summed E-state index contributed by atoms with van der Waals surface area (Å²) in [4.78, 5) is 6.78. The number of likely N-dealkylation sites (tertiary alicyclic amines) is 1. The summed E-state index contributed by atoms with van der Waals surface area (Å²) in [6.45, 7) is 8.58. The maximum Gasteiger partial charge on any atom is 0.243 e. The number of hydrogen-bond donors (Lipinski definition) is 1. The zero-order valence-corrected chi connectivity index (χ0v) is 12.2. The van der Waals surface area contributed by atoms with Gasteiger partial charge in [0.1, 0.15) is 0 Å². The Morgan fingerprint density at radius 2 is 2.05 bits per heavy atom. The highest BCUT2D eigenvalue weighted by Crippen LogP contribution is 2.36. The molecule has 1 N–H and O–H groups in total. The van der Waals surface area contributed by atoms with E-state index in [0.29, 0.717) is 12.5 Å². The summed E-state index contributed by atoms with van der Waals surface area (Å²) >= 11 is 0. The standard InChI is InChI=1S/C14H25N3O2/c1-4-12-15-13(19-16-12)11(3)17-8-6-14(5-2,10-18)7-9-17/h11,18H,4-10H2,1-3H3. The van der Waals surface area contributed by atoms with E-state index in [9.17, 15) is 5.11 Å². The molecule has 0 aromatic carbocycles. The molecule has 108 valence electrons. The second-order valence-electron chi connectivity index (χ2n) is 5.63. The highest BCUT2D eigenvalue weighted by Gasteiger charge is 2.35. The number of aryl methyl sites for hydroxylation is 1. The number of aliphatic hydroxyl groups excluding tert-OH is 1. The Hall–Kier alpha value is -0.940. The number of aliphatic hydroxyl groups is 1. The fraction of sp³-hybridized carbons (Fsp3) is 0.857. The Morgan fingerprint density at radius 3 is 2.53 bits per heavy atom. The van der Waals surface area contributed by atoms with E-state index in [1.54, 1.807) is 0 Å². The summed E-state index contributed by atoms with van der Waals surface area (Å²) in [7, 11) is 0. The lowest BCUT2D eigenvalue weighted by molar-refractivity contribution is 0.0216. The van der Waals surface area contributed by atoms with Crippen molar-refractivity contribution in [1.29, 1.82) is 0 Å². The van der Waals surface area contributed by atoms with Crippen LogP contribution in [0, 0.1) is 5.41 Å². The number of hydrogen-bond acceptors (Lipinski definition) is 5. The molecule has 1 aromatic heterocycles. The fourth-order valence-electron chi connectivity index (χ4n) is 2.75. The molecule has 1 aliphatic rings. The van der Waals surface area contributed by atoms with Crippen LogP contribution in [0.2, 0.25) is 0 Å². The van der Waals surface area contributed by atoms with Crippen molar-refractivity contribution < 1.29 is 9.63 Å². The zero-order chi connectivity index (χ0) is 13.9. The van der Waals surface area contributed by atoms with Crippen molar-refractivity contribution in [3.63, 3.8) is 0 Å². The monoisotopic (exact) mass is 267 g/mol. The summed E-state index contributed by atoms with van der Waals surface area (Å²) < 4.78 is 5.32. The lowest BCUT2D eigenvalue weighted by Crippen LogP contribution is -2.42. The average molecular weight is 267 g/mol. The second kappa shape index (κ2) is 6.01. The third kappa shape index (κ3) is 2.98. The van der Waals surface area contributed by atoms with Crippen molar-refractivity contribution in [3.8, 4) is 0 Å². The average Bonchev–Trinajstić information content (AvgIpc) is 2.95. The number of aromatic nitrogens is 2. The molecule has 5 heteroatoms. The van der Waals surface area contributed by atoms with Gasteiger partial charge in [0, 0.05) is 13.0 Å². The normalized spacial score (nSPS) is 21.5. The molecule has 0 aliphatic carbocycles. The molecule has 2 heterocycles. The highest BCUT2D eigenvalue weighted by atomic mass is 16.5. The van der Waals surface area contributed by atoms with Gasteiger partial charge < -0.3 is 9.63 Å². The maximum atomic E-state index is 9.56. The summed E-state index contributed by atoms with van der Waals surface area (Å²) in [6, 6.07) is 0.168. The van der Waals surface area contributed by atoms with Gasteiger partial charge in [-0.3, -0.25) is 4.90 Å². The van der Waals surface area contributed by atoms with Crippen molar-refractivity contribution in [2.45, 2.75) is 52.5 Å². The van der Waals surface area contributed by atoms with E-state index in [2.05, 4.69) is 28.9 Å². The highest BCUT2D eigenvalue weighted by molar-refractivity contribution is 4.94. The van der Waals surface area contributed by atoms with E-state index >= 15 is 0 Å². The minimum Gasteiger partial charge on any atom is -0.396 e. The van der Waals surface area contributed by atoms with Crippen LogP contribution in [0.4, 0.5) is 0 Å². The van der Waals surface area contributed by atoms with Crippen LogP contribution in [0.15, 0.2) is 4.52 Å². The molecule has 1 atom stereocenters. The lowest BCUT2D eigenvalue weighted by Gasteiger charge is -2.41. The van der Waals surface area contributed by atoms with Crippen molar-refractivity contribution in [2.24, 2.45) is 5.41 Å². The smallest absolute Gasteiger partial charge is 0.243 e. The molecule has 0 saturated carbocycles. The maximum absolute atomic E-state index is 9.56. The van der Waals surface area contributed by atoms with Crippen LogP contribution in [0.5, 0.6) is 0 Å². The molecule has 0 radical (unpaired) electrons. The predicted octanol–water partition coefficient (Wildman–Crippen LogP) is 2.18. The number of nitrogens with zero attached hydrogens (tertiary/aromatic N) is 3. The van der Waals surface area contributed by atoms with Crippen LogP contribution < -0.4 is 0 Å². The van der Waals surface area contributed by atoms with E-state index in [-0.39, 0.29) is 11.5 Å². The second-order valence-corrected chi connectivity index (χ2v) is 5.63. The number of piperidine rings is 1. The summed E-state index contributed by atoms with van der Waals surface area (Å²) in [5, 5.41) is 13.5. The molecule has 19 heavy (non-hydrogen) atoms. The molecule has 1 aliphatic heterocycles. The fourth-order valence-corrected chi connectivity index (χ4v) is 2.75. The molecule has 0 spiro atoms. The molecule has 0 amide bonds. The van der Waals surface area contributed by atoms with Gasteiger partial charge in [-0.2, -0.15) is 4.98 Å². The van der Waals surface area contributed by atoms with Crippen molar-refractivity contribution >= 4 is 0 Å². The first-order valence-electron chi connectivity index (χ1n) is 7.31. The summed E-state index contributed by atoms with van der Waals surface area (Å²) in [5.41, 5.74) is 0.125. The van der Waals surface area contributed by atoms with Crippen LogP contribution in [-0.2, 0) is 6.42 Å². The first kappa shape index (κ1) is 14.5. The van der Waals surface area contributed by atoms with Crippen molar-refractivity contribution in [3.05, 3.63) is 11.7 Å². The molecular weight excluding hydrogens is 242 g/mol. The Morgan fingerprint density at radius 1 is 1.37 bits per heavy atom. The van der Waals surface area contributed by atoms with Gasteiger partial charge in [-0.15, -0.1) is 0 Å². The van der Waals surface area contributed by atoms with Crippen molar-refractivity contribution in [2.75, 3.05) is 19.7 Å². The summed E-state index contributed by atoms with van der Waals surface area (Å²) in [5.74, 6) is 1.49. The van der Waals surface area contributed by atoms with Crippen LogP contribution in [0.3, 0.4) is 0 Å². The van der Waals surface area contributed by atoms with Crippen LogP contribution in [0.25, 0.3) is 0 Å². The summed E-state index contributed by atoms with van der Waals surface area (Å²) in [6.07, 6.45) is 3.93. The number of rotatable bonds is 5. The zero-order valence-electron chi connectivity index (χ0n) is 12.2. The topological polar surface area (TPSA) is 62.4 Å². The van der Waals surface area contributed by atoms with E-state index in [1.807, 2.05) is 6.92 Å². The van der Waals surface area contributed by atoms with Gasteiger partial charge in [0.05, 0.1) is 6.04 Å². The first-order chi connectivity index (χ1) is 9.14. The van der Waals surface area contributed by atoms with E-state index in [4.69, 9.17) is 4.52 Å². The van der Waals surface area contributed by atoms with Crippen LogP contribution >= 0.6 is 0 Å². The minimum absolute atomic E-state index is 0.125. The molecular formula is C14H25N3O2. The molecule has 1 unspecified atom stereocenters. The molecule has 1 aromatic rings. The Balaban J connectivity index is 1.97. The van der Waals surface area contributed by atoms with Crippen molar-refractivity contribution in [1.82, 2.24) is 15.0 Å². The van der Waals surface area contributed by atoms with Crippen LogP contribution in [-0.4, -0.2) is 39.8 Å². The lowest BCUT2D eigenvalue weighted by atomic mass is 9.77. The van der Waals surface area contributed by atoms with Gasteiger partial charge in [-0.1, -0.05) is 19.0 Å².